The van der Waals surface area contributed by atoms with Gasteiger partial charge < -0.3 is 9.88 Å². The van der Waals surface area contributed by atoms with Crippen molar-refractivity contribution in [3.05, 3.63) is 18.2 Å². The summed E-state index contributed by atoms with van der Waals surface area (Å²) in [4.78, 5) is 15.9. The Bertz CT molecular complexity index is 338. The molecule has 0 bridgehead atoms. The maximum atomic E-state index is 11.6. The first-order valence-electron chi connectivity index (χ1n) is 5.44. The number of carbonyl (C=O) groups excluding carboxylic acids is 1. The average molecular weight is 241 g/mol. The van der Waals surface area contributed by atoms with Gasteiger partial charge in [-0.3, -0.25) is 4.79 Å². The molecule has 1 aromatic heterocycles. The minimum absolute atomic E-state index is 0.0321. The maximum Gasteiger partial charge on any atom is 0.230 e. The second-order valence-electron chi connectivity index (χ2n) is 3.74. The molecule has 5 heteroatoms. The number of amides is 1. The number of rotatable bonds is 6. The highest BCUT2D eigenvalue weighted by molar-refractivity contribution is 7.99. The van der Waals surface area contributed by atoms with Crippen LogP contribution >= 0.6 is 11.8 Å². The molecule has 0 spiro atoms. The monoisotopic (exact) mass is 241 g/mol. The van der Waals surface area contributed by atoms with Gasteiger partial charge in [-0.25, -0.2) is 4.98 Å². The van der Waals surface area contributed by atoms with Crippen LogP contribution in [-0.2, 0) is 11.8 Å². The smallest absolute Gasteiger partial charge is 0.230 e. The van der Waals surface area contributed by atoms with E-state index in [9.17, 15) is 4.79 Å². The second-order valence-corrected chi connectivity index (χ2v) is 4.60. The number of nitrogens with one attached hydrogen (secondary N) is 1. The number of thioether (sulfide) groups is 1. The summed E-state index contributed by atoms with van der Waals surface area (Å²) < 4.78 is 1.96. The molecule has 0 saturated heterocycles. The van der Waals surface area contributed by atoms with Crippen molar-refractivity contribution in [2.24, 2.45) is 7.05 Å². The molecule has 0 aliphatic heterocycles. The van der Waals surface area contributed by atoms with Gasteiger partial charge in [0.2, 0.25) is 5.91 Å². The largest absolute Gasteiger partial charge is 0.345 e. The molecule has 1 atom stereocenters. The van der Waals surface area contributed by atoms with Crippen LogP contribution in [0.4, 0.5) is 0 Å². The van der Waals surface area contributed by atoms with Crippen LogP contribution < -0.4 is 5.32 Å². The van der Waals surface area contributed by atoms with Crippen LogP contribution in [0.25, 0.3) is 0 Å². The highest BCUT2D eigenvalue weighted by atomic mass is 32.2. The van der Waals surface area contributed by atoms with E-state index in [1.807, 2.05) is 24.1 Å². The van der Waals surface area contributed by atoms with Gasteiger partial charge in [0.1, 0.15) is 5.82 Å². The van der Waals surface area contributed by atoms with Gasteiger partial charge in [-0.15, -0.1) is 0 Å². The van der Waals surface area contributed by atoms with Crippen molar-refractivity contribution in [1.29, 1.82) is 0 Å². The van der Waals surface area contributed by atoms with Crippen LogP contribution in [0.5, 0.6) is 0 Å². The predicted molar refractivity (Wildman–Crippen MR) is 67.4 cm³/mol. The molecule has 1 aromatic rings. The molecule has 1 heterocycles. The molecule has 4 nitrogen and oxygen atoms in total. The molecule has 1 unspecified atom stereocenters. The molecule has 1 amide bonds. The standard InChI is InChI=1S/C11H19N3OS/c1-4-5-9(13-10(15)8-16-3)11-12-6-7-14(11)2/h6-7,9H,4-5,8H2,1-3H3,(H,13,15). The first-order chi connectivity index (χ1) is 7.69. The van der Waals surface area contributed by atoms with Crippen LogP contribution in [0.15, 0.2) is 12.4 Å². The lowest BCUT2D eigenvalue weighted by Gasteiger charge is -2.17. The summed E-state index contributed by atoms with van der Waals surface area (Å²) in [5.74, 6) is 1.51. The number of imidazole rings is 1. The molecular weight excluding hydrogens is 222 g/mol. The van der Waals surface area contributed by atoms with E-state index in [0.29, 0.717) is 5.75 Å². The predicted octanol–water partition coefficient (Wildman–Crippen LogP) is 1.74. The number of aromatic nitrogens is 2. The zero-order valence-corrected chi connectivity index (χ0v) is 10.9. The third kappa shape index (κ3) is 3.56. The van der Waals surface area contributed by atoms with Crippen molar-refractivity contribution in [2.75, 3.05) is 12.0 Å². The molecule has 0 aliphatic rings. The number of nitrogens with zero attached hydrogens (tertiary/aromatic N) is 2. The highest BCUT2D eigenvalue weighted by Gasteiger charge is 2.16. The third-order valence-electron chi connectivity index (χ3n) is 2.36. The Labute approximate surface area is 101 Å². The van der Waals surface area contributed by atoms with E-state index in [2.05, 4.69) is 17.2 Å². The number of hydrogen-bond donors (Lipinski definition) is 1. The van der Waals surface area contributed by atoms with Gasteiger partial charge in [-0.2, -0.15) is 11.8 Å². The van der Waals surface area contributed by atoms with E-state index in [-0.39, 0.29) is 11.9 Å². The summed E-state index contributed by atoms with van der Waals surface area (Å²) in [5.41, 5.74) is 0. The van der Waals surface area contributed by atoms with E-state index < -0.39 is 0 Å². The fraction of sp³-hybridized carbons (Fsp3) is 0.636. The molecule has 16 heavy (non-hydrogen) atoms. The lowest BCUT2D eigenvalue weighted by Crippen LogP contribution is -2.31. The molecular formula is C11H19N3OS. The van der Waals surface area contributed by atoms with Gasteiger partial charge in [-0.05, 0) is 12.7 Å². The van der Waals surface area contributed by atoms with Crippen molar-refractivity contribution >= 4 is 17.7 Å². The van der Waals surface area contributed by atoms with E-state index in [4.69, 9.17) is 0 Å². The van der Waals surface area contributed by atoms with E-state index in [1.165, 1.54) is 11.8 Å². The molecule has 0 aliphatic carbocycles. The van der Waals surface area contributed by atoms with Crippen LogP contribution in [0, 0.1) is 0 Å². The summed E-state index contributed by atoms with van der Waals surface area (Å²) >= 11 is 1.53. The Morgan fingerprint density at radius 2 is 2.44 bits per heavy atom. The number of hydrogen-bond acceptors (Lipinski definition) is 3. The first kappa shape index (κ1) is 13.1. The van der Waals surface area contributed by atoms with Crippen molar-refractivity contribution in [3.63, 3.8) is 0 Å². The van der Waals surface area contributed by atoms with Gasteiger partial charge in [0, 0.05) is 19.4 Å². The van der Waals surface area contributed by atoms with Gasteiger partial charge in [-0.1, -0.05) is 13.3 Å². The minimum Gasteiger partial charge on any atom is -0.345 e. The molecule has 1 N–H and O–H groups in total. The molecule has 90 valence electrons. The fourth-order valence-corrected chi connectivity index (χ4v) is 1.98. The quantitative estimate of drug-likeness (QED) is 0.825. The average Bonchev–Trinajstić information content (AvgIpc) is 2.64. The van der Waals surface area contributed by atoms with Gasteiger partial charge >= 0.3 is 0 Å². The fourth-order valence-electron chi connectivity index (χ4n) is 1.63. The Hall–Kier alpha value is -0.970. The zero-order chi connectivity index (χ0) is 12.0. The van der Waals surface area contributed by atoms with Gasteiger partial charge in [0.15, 0.2) is 0 Å². The Balaban J connectivity index is 2.68. The number of aryl methyl sites for hydroxylation is 1. The summed E-state index contributed by atoms with van der Waals surface area (Å²) in [6.07, 6.45) is 7.54. The lowest BCUT2D eigenvalue weighted by atomic mass is 10.1. The highest BCUT2D eigenvalue weighted by Crippen LogP contribution is 2.16. The maximum absolute atomic E-state index is 11.6. The molecule has 0 saturated carbocycles. The van der Waals surface area contributed by atoms with E-state index in [0.717, 1.165) is 18.7 Å². The van der Waals surface area contributed by atoms with Crippen LogP contribution in [0.3, 0.4) is 0 Å². The van der Waals surface area contributed by atoms with Crippen molar-refractivity contribution < 1.29 is 4.79 Å². The van der Waals surface area contributed by atoms with Gasteiger partial charge in [0.05, 0.1) is 11.8 Å². The van der Waals surface area contributed by atoms with Crippen LogP contribution in [0.2, 0.25) is 0 Å². The van der Waals surface area contributed by atoms with Crippen molar-refractivity contribution in [1.82, 2.24) is 14.9 Å². The minimum atomic E-state index is 0.0321. The molecule has 0 fully saturated rings. The normalized spacial score (nSPS) is 12.4. The Morgan fingerprint density at radius 1 is 1.69 bits per heavy atom. The summed E-state index contributed by atoms with van der Waals surface area (Å²) in [7, 11) is 1.95. The summed E-state index contributed by atoms with van der Waals surface area (Å²) in [6.45, 7) is 2.11. The van der Waals surface area contributed by atoms with Gasteiger partial charge in [0.25, 0.3) is 0 Å². The van der Waals surface area contributed by atoms with E-state index in [1.54, 1.807) is 6.20 Å². The first-order valence-corrected chi connectivity index (χ1v) is 6.84. The Kier molecular flexibility index (Phi) is 5.38. The van der Waals surface area contributed by atoms with E-state index >= 15 is 0 Å². The molecule has 1 rings (SSSR count). The Morgan fingerprint density at radius 3 is 2.94 bits per heavy atom. The topological polar surface area (TPSA) is 46.9 Å². The summed E-state index contributed by atoms with van der Waals surface area (Å²) in [5, 5.41) is 3.02. The lowest BCUT2D eigenvalue weighted by molar-refractivity contribution is -0.119. The van der Waals surface area contributed by atoms with Crippen LogP contribution in [0.1, 0.15) is 31.6 Å². The molecule has 0 radical (unpaired) electrons. The number of carbonyl (C=O) groups is 1. The van der Waals surface area contributed by atoms with Crippen molar-refractivity contribution in [3.8, 4) is 0 Å². The summed E-state index contributed by atoms with van der Waals surface area (Å²) in [6, 6.07) is 0.0321. The SMILES string of the molecule is CCCC(NC(=O)CSC)c1nccn1C. The second kappa shape index (κ2) is 6.58. The van der Waals surface area contributed by atoms with Crippen molar-refractivity contribution in [2.45, 2.75) is 25.8 Å². The third-order valence-corrected chi connectivity index (χ3v) is 2.91. The molecule has 0 aromatic carbocycles. The zero-order valence-electron chi connectivity index (χ0n) is 10.1. The van der Waals surface area contributed by atoms with Crippen LogP contribution in [-0.4, -0.2) is 27.5 Å².